The lowest BCUT2D eigenvalue weighted by atomic mass is 9.96. The van der Waals surface area contributed by atoms with Crippen LogP contribution in [-0.2, 0) is 23.1 Å². The number of hydrogen-bond donors (Lipinski definition) is 1. The average molecular weight is 436 g/mol. The van der Waals surface area contributed by atoms with E-state index >= 15 is 0 Å². The average Bonchev–Trinajstić information content (AvgIpc) is 3.39. The Morgan fingerprint density at radius 3 is 2.68 bits per heavy atom. The van der Waals surface area contributed by atoms with Crippen LogP contribution in [0, 0.1) is 5.92 Å². The summed E-state index contributed by atoms with van der Waals surface area (Å²) < 4.78 is 43.2. The molecule has 7 nitrogen and oxygen atoms in total. The van der Waals surface area contributed by atoms with Gasteiger partial charge in [0.25, 0.3) is 0 Å². The van der Waals surface area contributed by atoms with Gasteiger partial charge in [-0.2, -0.15) is 5.10 Å². The Kier molecular flexibility index (Phi) is 5.63. The van der Waals surface area contributed by atoms with Gasteiger partial charge in [0.05, 0.1) is 6.42 Å². The van der Waals surface area contributed by atoms with E-state index in [1.54, 1.807) is 24.0 Å². The molecule has 1 atom stereocenters. The van der Waals surface area contributed by atoms with E-state index < -0.39 is 12.4 Å². The normalized spacial score (nSPS) is 17.7. The van der Waals surface area contributed by atoms with Crippen LogP contribution in [0.25, 0.3) is 0 Å². The van der Waals surface area contributed by atoms with E-state index in [0.717, 1.165) is 25.7 Å². The van der Waals surface area contributed by atoms with Gasteiger partial charge in [-0.05, 0) is 36.1 Å². The maximum Gasteiger partial charge on any atom is 0.573 e. The third-order valence-electron chi connectivity index (χ3n) is 5.76. The molecular weight excluding hydrogens is 413 g/mol. The highest BCUT2D eigenvalue weighted by atomic mass is 19.4. The molecular formula is C21H23F3N4O3. The van der Waals surface area contributed by atoms with Crippen LogP contribution in [-0.4, -0.2) is 34.0 Å². The van der Waals surface area contributed by atoms with Crippen molar-refractivity contribution in [2.75, 3.05) is 10.2 Å². The van der Waals surface area contributed by atoms with Crippen LogP contribution in [0.2, 0.25) is 0 Å². The Bertz CT molecular complexity index is 982. The molecule has 166 valence electrons. The van der Waals surface area contributed by atoms with E-state index in [4.69, 9.17) is 0 Å². The van der Waals surface area contributed by atoms with Gasteiger partial charge in [-0.1, -0.05) is 25.7 Å². The summed E-state index contributed by atoms with van der Waals surface area (Å²) in [5, 5.41) is 6.93. The number of alkyl halides is 3. The molecule has 2 heterocycles. The minimum Gasteiger partial charge on any atom is -0.406 e. The summed E-state index contributed by atoms with van der Waals surface area (Å²) in [6.45, 7) is 0. The van der Waals surface area contributed by atoms with Crippen LogP contribution < -0.4 is 15.0 Å². The summed E-state index contributed by atoms with van der Waals surface area (Å²) in [5.74, 6) is -0.374. The number of hydrogen-bond acceptors (Lipinski definition) is 4. The summed E-state index contributed by atoms with van der Waals surface area (Å²) in [7, 11) is 1.73. The summed E-state index contributed by atoms with van der Waals surface area (Å²) in [6, 6.07) is 4.68. The van der Waals surface area contributed by atoms with E-state index in [-0.39, 0.29) is 24.0 Å². The first-order valence-electron chi connectivity index (χ1n) is 10.2. The molecule has 1 aliphatic carbocycles. The molecule has 1 aliphatic heterocycles. The zero-order valence-corrected chi connectivity index (χ0v) is 17.0. The van der Waals surface area contributed by atoms with Gasteiger partial charge in [0.1, 0.15) is 11.8 Å². The Morgan fingerprint density at radius 2 is 2.03 bits per heavy atom. The molecule has 2 aliphatic rings. The van der Waals surface area contributed by atoms with E-state index in [9.17, 15) is 22.8 Å². The lowest BCUT2D eigenvalue weighted by Crippen LogP contribution is -2.47. The minimum absolute atomic E-state index is 0.0809. The Balaban J connectivity index is 1.61. The van der Waals surface area contributed by atoms with Crippen molar-refractivity contribution in [3.8, 4) is 5.75 Å². The maximum absolute atomic E-state index is 13.2. The highest BCUT2D eigenvalue weighted by Crippen LogP contribution is 2.38. The monoisotopic (exact) mass is 436 g/mol. The third kappa shape index (κ3) is 4.83. The summed E-state index contributed by atoms with van der Waals surface area (Å²) in [5.41, 5.74) is 0.854. The van der Waals surface area contributed by atoms with E-state index in [1.165, 1.54) is 23.1 Å². The molecule has 0 bridgehead atoms. The van der Waals surface area contributed by atoms with E-state index in [0.29, 0.717) is 29.4 Å². The number of nitrogens with one attached hydrogen (secondary N) is 1. The standard InChI is InChI=1S/C21H23F3N4O3/c1-27-9-8-18(26-27)25-20(30)17(10-13-4-2-3-5-13)28-16-7-6-15(31-21(22,23)24)11-14(16)12-19(28)29/h6-9,11,13,17H,2-5,10,12H2,1H3,(H,25,26,30). The number of carbonyl (C=O) groups is 2. The largest absolute Gasteiger partial charge is 0.573 e. The van der Waals surface area contributed by atoms with Gasteiger partial charge in [0, 0.05) is 25.0 Å². The number of aryl methyl sites for hydroxylation is 1. The molecule has 1 fully saturated rings. The maximum atomic E-state index is 13.2. The number of halogens is 3. The molecule has 1 aromatic carbocycles. The van der Waals surface area contributed by atoms with E-state index in [1.807, 2.05) is 0 Å². The quantitative estimate of drug-likeness (QED) is 0.748. The predicted octanol–water partition coefficient (Wildman–Crippen LogP) is 3.80. The first-order valence-corrected chi connectivity index (χ1v) is 10.2. The van der Waals surface area contributed by atoms with Crippen molar-refractivity contribution in [1.82, 2.24) is 9.78 Å². The molecule has 2 amide bonds. The van der Waals surface area contributed by atoms with Gasteiger partial charge in [0.15, 0.2) is 5.82 Å². The van der Waals surface area contributed by atoms with Crippen molar-refractivity contribution < 1.29 is 27.5 Å². The number of fused-ring (bicyclic) bond motifs is 1. The van der Waals surface area contributed by atoms with Gasteiger partial charge in [-0.15, -0.1) is 13.2 Å². The molecule has 0 saturated heterocycles. The zero-order chi connectivity index (χ0) is 22.2. The zero-order valence-electron chi connectivity index (χ0n) is 17.0. The van der Waals surface area contributed by atoms with Crippen LogP contribution in [0.15, 0.2) is 30.5 Å². The van der Waals surface area contributed by atoms with Gasteiger partial charge in [-0.3, -0.25) is 19.2 Å². The summed E-state index contributed by atoms with van der Waals surface area (Å²) in [6.07, 6.45) is 1.43. The molecule has 4 rings (SSSR count). The van der Waals surface area contributed by atoms with Gasteiger partial charge >= 0.3 is 6.36 Å². The predicted molar refractivity (Wildman–Crippen MR) is 107 cm³/mol. The number of aromatic nitrogens is 2. The van der Waals surface area contributed by atoms with Crippen molar-refractivity contribution in [3.05, 3.63) is 36.0 Å². The number of rotatable bonds is 6. The molecule has 0 spiro atoms. The molecule has 2 aromatic rings. The molecule has 10 heteroatoms. The van der Waals surface area contributed by atoms with Crippen LogP contribution in [0.4, 0.5) is 24.7 Å². The van der Waals surface area contributed by atoms with Gasteiger partial charge in [-0.25, -0.2) is 0 Å². The molecule has 0 radical (unpaired) electrons. The van der Waals surface area contributed by atoms with Crippen LogP contribution in [0.1, 0.15) is 37.7 Å². The van der Waals surface area contributed by atoms with Crippen molar-refractivity contribution in [2.45, 2.75) is 50.9 Å². The Hall–Kier alpha value is -3.04. The molecule has 1 unspecified atom stereocenters. The summed E-state index contributed by atoms with van der Waals surface area (Å²) in [4.78, 5) is 27.5. The fourth-order valence-electron chi connectivity index (χ4n) is 4.44. The SMILES string of the molecule is Cn1ccc(NC(=O)C(CC2CCCC2)N2C(=O)Cc3cc(OC(F)(F)F)ccc32)n1. The Morgan fingerprint density at radius 1 is 1.29 bits per heavy atom. The second kappa shape index (κ2) is 8.24. The number of carbonyl (C=O) groups excluding carboxylic acids is 2. The molecule has 1 N–H and O–H groups in total. The fraction of sp³-hybridized carbons (Fsp3) is 0.476. The molecule has 31 heavy (non-hydrogen) atoms. The van der Waals surface area contributed by atoms with Crippen molar-refractivity contribution in [3.63, 3.8) is 0 Å². The number of ether oxygens (including phenoxy) is 1. The lowest BCUT2D eigenvalue weighted by molar-refractivity contribution is -0.274. The van der Waals surface area contributed by atoms with Crippen molar-refractivity contribution >= 4 is 23.3 Å². The van der Waals surface area contributed by atoms with Gasteiger partial charge < -0.3 is 10.1 Å². The second-order valence-electron chi connectivity index (χ2n) is 8.04. The second-order valence-corrected chi connectivity index (χ2v) is 8.04. The lowest BCUT2D eigenvalue weighted by Gasteiger charge is -2.29. The number of amides is 2. The molecule has 1 saturated carbocycles. The van der Waals surface area contributed by atoms with E-state index in [2.05, 4.69) is 15.2 Å². The molecule has 1 aromatic heterocycles. The van der Waals surface area contributed by atoms with Crippen LogP contribution in [0.5, 0.6) is 5.75 Å². The number of anilines is 2. The Labute approximate surface area is 177 Å². The van der Waals surface area contributed by atoms with Crippen LogP contribution in [0.3, 0.4) is 0 Å². The highest BCUT2D eigenvalue weighted by molar-refractivity contribution is 6.09. The van der Waals surface area contributed by atoms with Crippen LogP contribution >= 0.6 is 0 Å². The third-order valence-corrected chi connectivity index (χ3v) is 5.76. The summed E-state index contributed by atoms with van der Waals surface area (Å²) >= 11 is 0. The number of nitrogens with zero attached hydrogens (tertiary/aromatic N) is 3. The fourth-order valence-corrected chi connectivity index (χ4v) is 4.44. The van der Waals surface area contributed by atoms with Gasteiger partial charge in [0.2, 0.25) is 11.8 Å². The van der Waals surface area contributed by atoms with Crippen molar-refractivity contribution in [2.24, 2.45) is 13.0 Å². The first-order chi connectivity index (χ1) is 14.7. The topological polar surface area (TPSA) is 76.5 Å². The highest BCUT2D eigenvalue weighted by Gasteiger charge is 2.39. The van der Waals surface area contributed by atoms with Crippen molar-refractivity contribution in [1.29, 1.82) is 0 Å². The smallest absolute Gasteiger partial charge is 0.406 e. The minimum atomic E-state index is -4.82. The number of benzene rings is 1. The first kappa shape index (κ1) is 21.2.